The van der Waals surface area contributed by atoms with Crippen molar-refractivity contribution in [3.63, 3.8) is 0 Å². The second-order valence-corrected chi connectivity index (χ2v) is 7.62. The van der Waals surface area contributed by atoms with E-state index in [1.54, 1.807) is 26.2 Å². The molecule has 4 aromatic rings. The number of hydrogen-bond donors (Lipinski definition) is 4. The van der Waals surface area contributed by atoms with Crippen molar-refractivity contribution < 1.29 is 5.11 Å². The lowest BCUT2D eigenvalue weighted by molar-refractivity contribution is 0.151. The molecule has 0 aliphatic heterocycles. The number of aromatic nitrogens is 5. The zero-order chi connectivity index (χ0) is 22.7. The van der Waals surface area contributed by atoms with E-state index in [4.69, 9.17) is 0 Å². The first-order valence-corrected chi connectivity index (χ1v) is 10.3. The maximum atomic E-state index is 12.2. The quantitative estimate of drug-likeness (QED) is 0.329. The lowest BCUT2D eigenvalue weighted by Gasteiger charge is -2.18. The van der Waals surface area contributed by atoms with Crippen LogP contribution in [0.4, 0.5) is 5.82 Å². The smallest absolute Gasteiger partial charge is 0.260 e. The highest BCUT2D eigenvalue weighted by Gasteiger charge is 2.15. The van der Waals surface area contributed by atoms with Crippen molar-refractivity contribution in [2.75, 3.05) is 18.9 Å². The van der Waals surface area contributed by atoms with Gasteiger partial charge in [-0.3, -0.25) is 15.1 Å². The maximum absolute atomic E-state index is 12.2. The highest BCUT2D eigenvalue weighted by atomic mass is 16.3. The molecule has 1 aromatic carbocycles. The number of H-pyrrole nitrogens is 1. The van der Waals surface area contributed by atoms with E-state index < -0.39 is 6.23 Å². The fourth-order valence-corrected chi connectivity index (χ4v) is 3.65. The molecule has 4 rings (SSSR count). The summed E-state index contributed by atoms with van der Waals surface area (Å²) in [5.74, 6) is 1.27. The number of benzene rings is 1. The summed E-state index contributed by atoms with van der Waals surface area (Å²) in [5, 5.41) is 17.4. The molecule has 0 bridgehead atoms. The van der Waals surface area contributed by atoms with Crippen molar-refractivity contribution in [1.29, 1.82) is 0 Å². The van der Waals surface area contributed by atoms with E-state index in [0.717, 1.165) is 22.0 Å². The molecule has 9 heteroatoms. The molecule has 164 valence electrons. The Morgan fingerprint density at radius 1 is 1.12 bits per heavy atom. The van der Waals surface area contributed by atoms with E-state index in [0.29, 0.717) is 29.4 Å². The first-order chi connectivity index (χ1) is 15.5. The Labute approximate surface area is 185 Å². The van der Waals surface area contributed by atoms with E-state index in [9.17, 15) is 9.90 Å². The minimum atomic E-state index is -0.761. The van der Waals surface area contributed by atoms with Crippen LogP contribution in [0.15, 0.2) is 53.8 Å². The van der Waals surface area contributed by atoms with Crippen LogP contribution in [-0.4, -0.2) is 43.6 Å². The van der Waals surface area contributed by atoms with Gasteiger partial charge in [-0.25, -0.2) is 15.0 Å². The maximum Gasteiger partial charge on any atom is 0.260 e. The molecule has 0 radical (unpaired) electrons. The van der Waals surface area contributed by atoms with E-state index in [2.05, 4.69) is 42.5 Å². The molecule has 1 unspecified atom stereocenters. The Kier molecular flexibility index (Phi) is 6.20. The van der Waals surface area contributed by atoms with Crippen LogP contribution in [0.3, 0.4) is 0 Å². The Bertz CT molecular complexity index is 1310. The molecule has 32 heavy (non-hydrogen) atoms. The Balaban J connectivity index is 1.56. The van der Waals surface area contributed by atoms with Gasteiger partial charge in [-0.2, -0.15) is 0 Å². The summed E-state index contributed by atoms with van der Waals surface area (Å²) in [6.45, 7) is 4.42. The van der Waals surface area contributed by atoms with Crippen LogP contribution in [0, 0.1) is 6.92 Å². The summed E-state index contributed by atoms with van der Waals surface area (Å²) in [7, 11) is 1.71. The van der Waals surface area contributed by atoms with Gasteiger partial charge in [0.1, 0.15) is 24.2 Å². The molecule has 0 aliphatic rings. The van der Waals surface area contributed by atoms with E-state index in [-0.39, 0.29) is 11.5 Å². The van der Waals surface area contributed by atoms with Crippen molar-refractivity contribution in [2.45, 2.75) is 26.0 Å². The van der Waals surface area contributed by atoms with Crippen molar-refractivity contribution in [3.8, 4) is 11.3 Å². The zero-order valence-corrected chi connectivity index (χ0v) is 18.1. The van der Waals surface area contributed by atoms with Gasteiger partial charge in [-0.1, -0.05) is 25.1 Å². The number of aliphatic hydroxyl groups excluding tert-OH is 1. The predicted molar refractivity (Wildman–Crippen MR) is 123 cm³/mol. The summed E-state index contributed by atoms with van der Waals surface area (Å²) in [6.07, 6.45) is 3.89. The van der Waals surface area contributed by atoms with Gasteiger partial charge in [0, 0.05) is 41.9 Å². The van der Waals surface area contributed by atoms with E-state index in [1.165, 1.54) is 12.5 Å². The molecular weight excluding hydrogens is 406 g/mol. The number of aliphatic hydroxyl groups is 1. The van der Waals surface area contributed by atoms with Gasteiger partial charge in [0.2, 0.25) is 0 Å². The summed E-state index contributed by atoms with van der Waals surface area (Å²) in [6, 6.07) is 9.53. The second-order valence-electron chi connectivity index (χ2n) is 7.62. The molecule has 0 saturated carbocycles. The topological polar surface area (TPSA) is 129 Å². The molecule has 0 saturated heterocycles. The first-order valence-electron chi connectivity index (χ1n) is 10.3. The predicted octanol–water partition coefficient (Wildman–Crippen LogP) is 2.51. The van der Waals surface area contributed by atoms with Gasteiger partial charge in [-0.05, 0) is 25.6 Å². The van der Waals surface area contributed by atoms with Gasteiger partial charge < -0.3 is 15.4 Å². The number of hydrogen-bond acceptors (Lipinski definition) is 8. The number of anilines is 1. The van der Waals surface area contributed by atoms with Gasteiger partial charge in [0.25, 0.3) is 5.56 Å². The van der Waals surface area contributed by atoms with Crippen molar-refractivity contribution in [3.05, 3.63) is 76.4 Å². The average Bonchev–Trinajstić information content (AvgIpc) is 2.81. The van der Waals surface area contributed by atoms with Crippen molar-refractivity contribution >= 4 is 16.7 Å². The number of nitrogens with zero attached hydrogens (tertiary/aromatic N) is 4. The molecule has 3 aromatic heterocycles. The Morgan fingerprint density at radius 3 is 2.75 bits per heavy atom. The molecule has 0 fully saturated rings. The van der Waals surface area contributed by atoms with Crippen LogP contribution in [0.5, 0.6) is 0 Å². The van der Waals surface area contributed by atoms with Gasteiger partial charge in [0.05, 0.1) is 16.8 Å². The molecular formula is C23H25N7O2. The second kappa shape index (κ2) is 9.21. The van der Waals surface area contributed by atoms with Crippen LogP contribution < -0.4 is 16.2 Å². The average molecular weight is 432 g/mol. The minimum absolute atomic E-state index is 0.107. The van der Waals surface area contributed by atoms with Crippen LogP contribution in [0.1, 0.15) is 36.0 Å². The Morgan fingerprint density at radius 2 is 1.97 bits per heavy atom. The normalized spacial score (nSPS) is 13.1. The highest BCUT2D eigenvalue weighted by molar-refractivity contribution is 5.85. The van der Waals surface area contributed by atoms with Gasteiger partial charge in [0.15, 0.2) is 0 Å². The SMILES string of the molecule is CNC(O)c1ccnc2c([C@H](C)CNc3cc(-c4cnc(C)[nH]c4=O)ncn3)cccc12. The third kappa shape index (κ3) is 4.34. The molecule has 3 heterocycles. The van der Waals surface area contributed by atoms with Crippen LogP contribution in [-0.2, 0) is 0 Å². The number of aromatic amines is 1. The van der Waals surface area contributed by atoms with Crippen LogP contribution in [0.2, 0.25) is 0 Å². The number of rotatable bonds is 7. The standard InChI is InChI=1S/C23H25N7O2/c1-13(15-5-4-6-16-17(22(31)24-3)7-8-25-21(15)16)10-27-20-9-19(28-12-29-20)18-11-26-14(2)30-23(18)32/h4-9,11-13,22,24,31H,10H2,1-3H3,(H,26,30,32)(H,27,28,29)/t13-,22?/m1/s1. The monoisotopic (exact) mass is 431 g/mol. The summed E-state index contributed by atoms with van der Waals surface area (Å²) in [4.78, 5) is 32.1. The lowest BCUT2D eigenvalue weighted by Crippen LogP contribution is -2.16. The number of pyridine rings is 1. The molecule has 9 nitrogen and oxygen atoms in total. The van der Waals surface area contributed by atoms with Crippen LogP contribution >= 0.6 is 0 Å². The number of aryl methyl sites for hydroxylation is 1. The largest absolute Gasteiger partial charge is 0.374 e. The fraction of sp³-hybridized carbons (Fsp3) is 0.261. The minimum Gasteiger partial charge on any atom is -0.374 e. The number of para-hydroxylation sites is 1. The van der Waals surface area contributed by atoms with E-state index >= 15 is 0 Å². The summed E-state index contributed by atoms with van der Waals surface area (Å²) >= 11 is 0. The zero-order valence-electron chi connectivity index (χ0n) is 18.1. The third-order valence-corrected chi connectivity index (χ3v) is 5.39. The molecule has 2 atom stereocenters. The molecule has 4 N–H and O–H groups in total. The summed E-state index contributed by atoms with van der Waals surface area (Å²) in [5.41, 5.74) is 3.36. The Hall–Kier alpha value is -3.69. The fourth-order valence-electron chi connectivity index (χ4n) is 3.65. The number of nitrogens with one attached hydrogen (secondary N) is 3. The lowest BCUT2D eigenvalue weighted by atomic mass is 9.96. The van der Waals surface area contributed by atoms with Gasteiger partial charge in [-0.15, -0.1) is 0 Å². The van der Waals surface area contributed by atoms with Crippen molar-refractivity contribution in [1.82, 2.24) is 30.2 Å². The molecule has 0 amide bonds. The highest BCUT2D eigenvalue weighted by Crippen LogP contribution is 2.28. The molecule has 0 spiro atoms. The van der Waals surface area contributed by atoms with E-state index in [1.807, 2.05) is 24.3 Å². The number of fused-ring (bicyclic) bond motifs is 1. The van der Waals surface area contributed by atoms with Gasteiger partial charge >= 0.3 is 0 Å². The van der Waals surface area contributed by atoms with Crippen LogP contribution in [0.25, 0.3) is 22.2 Å². The van der Waals surface area contributed by atoms with Crippen molar-refractivity contribution in [2.24, 2.45) is 0 Å². The summed E-state index contributed by atoms with van der Waals surface area (Å²) < 4.78 is 0. The molecule has 0 aliphatic carbocycles. The first kappa shape index (κ1) is 21.5. The third-order valence-electron chi connectivity index (χ3n) is 5.39.